The highest BCUT2D eigenvalue weighted by molar-refractivity contribution is 9.10. The van der Waals surface area contributed by atoms with E-state index in [2.05, 4.69) is 15.9 Å². The van der Waals surface area contributed by atoms with Crippen LogP contribution in [0.4, 0.5) is 0 Å². The molecule has 2 aromatic rings. The van der Waals surface area contributed by atoms with Crippen molar-refractivity contribution in [2.75, 3.05) is 20.3 Å². The van der Waals surface area contributed by atoms with Crippen LogP contribution in [-0.4, -0.2) is 20.3 Å². The van der Waals surface area contributed by atoms with Gasteiger partial charge in [0.2, 0.25) is 0 Å². The van der Waals surface area contributed by atoms with Crippen molar-refractivity contribution >= 4 is 39.1 Å². The Kier molecular flexibility index (Phi) is 6.37. The Morgan fingerprint density at radius 2 is 1.86 bits per heavy atom. The number of ether oxygens (including phenoxy) is 2. The molecule has 0 N–H and O–H groups in total. The molecule has 0 amide bonds. The Bertz CT molecular complexity index is 605. The van der Waals surface area contributed by atoms with E-state index in [9.17, 15) is 0 Å². The molecule has 0 fully saturated rings. The molecule has 0 spiro atoms. The van der Waals surface area contributed by atoms with Gasteiger partial charge in [0.05, 0.1) is 16.5 Å². The van der Waals surface area contributed by atoms with Gasteiger partial charge in [-0.1, -0.05) is 29.8 Å². The fourth-order valence-corrected chi connectivity index (χ4v) is 2.86. The summed E-state index contributed by atoms with van der Waals surface area (Å²) in [6, 6.07) is 13.4. The van der Waals surface area contributed by atoms with Gasteiger partial charge in [0.15, 0.2) is 0 Å². The highest BCUT2D eigenvalue weighted by Crippen LogP contribution is 2.34. The smallest absolute Gasteiger partial charge is 0.133 e. The first-order valence-corrected chi connectivity index (χ1v) is 8.03. The molecule has 0 saturated heterocycles. The van der Waals surface area contributed by atoms with Gasteiger partial charge >= 0.3 is 0 Å². The largest absolute Gasteiger partial charge is 0.490 e. The van der Waals surface area contributed by atoms with E-state index in [1.165, 1.54) is 0 Å². The second kappa shape index (κ2) is 8.04. The molecular formula is C16H15BrCl2O2. The first-order valence-electron chi connectivity index (χ1n) is 6.42. The minimum atomic E-state index is -0.256. The zero-order valence-corrected chi connectivity index (χ0v) is 14.6. The van der Waals surface area contributed by atoms with Crippen LogP contribution in [0.3, 0.4) is 0 Å². The predicted octanol–water partition coefficient (Wildman–Crippen LogP) is 5.46. The topological polar surface area (TPSA) is 18.5 Å². The quantitative estimate of drug-likeness (QED) is 0.482. The zero-order chi connectivity index (χ0) is 15.2. The highest BCUT2D eigenvalue weighted by Gasteiger charge is 2.13. The van der Waals surface area contributed by atoms with E-state index in [0.717, 1.165) is 21.3 Å². The van der Waals surface area contributed by atoms with Gasteiger partial charge in [-0.05, 0) is 51.3 Å². The van der Waals surface area contributed by atoms with Crippen LogP contribution in [0, 0.1) is 0 Å². The lowest BCUT2D eigenvalue weighted by molar-refractivity contribution is 0.146. The second-order valence-corrected chi connectivity index (χ2v) is 6.18. The van der Waals surface area contributed by atoms with Crippen molar-refractivity contribution in [3.63, 3.8) is 0 Å². The molecule has 5 heteroatoms. The summed E-state index contributed by atoms with van der Waals surface area (Å²) in [7, 11) is 1.64. The standard InChI is InChI=1S/C16H15BrCl2O2/c1-20-7-8-21-15-6-5-12(10-14(15)17)16(19)11-3-2-4-13(18)9-11/h2-6,9-10,16H,7-8H2,1H3. The number of hydrogen-bond acceptors (Lipinski definition) is 2. The average molecular weight is 390 g/mol. The molecule has 0 aliphatic rings. The molecular weight excluding hydrogens is 375 g/mol. The van der Waals surface area contributed by atoms with Crippen molar-refractivity contribution in [3.05, 3.63) is 63.1 Å². The third kappa shape index (κ3) is 4.62. The molecule has 2 aromatic carbocycles. The van der Waals surface area contributed by atoms with E-state index in [1.54, 1.807) is 7.11 Å². The van der Waals surface area contributed by atoms with E-state index in [-0.39, 0.29) is 5.38 Å². The van der Waals surface area contributed by atoms with Crippen molar-refractivity contribution in [2.45, 2.75) is 5.38 Å². The van der Waals surface area contributed by atoms with Crippen molar-refractivity contribution in [1.82, 2.24) is 0 Å². The van der Waals surface area contributed by atoms with Crippen LogP contribution in [0.5, 0.6) is 5.75 Å². The van der Waals surface area contributed by atoms with Gasteiger partial charge in [-0.3, -0.25) is 0 Å². The molecule has 21 heavy (non-hydrogen) atoms. The van der Waals surface area contributed by atoms with Gasteiger partial charge in [0.25, 0.3) is 0 Å². The number of alkyl halides is 1. The average Bonchev–Trinajstić information content (AvgIpc) is 2.48. The second-order valence-electron chi connectivity index (χ2n) is 4.45. The molecule has 112 valence electrons. The predicted molar refractivity (Wildman–Crippen MR) is 90.7 cm³/mol. The normalized spacial score (nSPS) is 12.2. The van der Waals surface area contributed by atoms with Crippen LogP contribution in [0.15, 0.2) is 46.9 Å². The number of hydrogen-bond donors (Lipinski definition) is 0. The Morgan fingerprint density at radius 3 is 2.52 bits per heavy atom. The summed E-state index contributed by atoms with van der Waals surface area (Å²) in [5, 5.41) is 0.421. The van der Waals surface area contributed by atoms with Gasteiger partial charge in [0, 0.05) is 12.1 Å². The Labute approximate surface area is 143 Å². The summed E-state index contributed by atoms with van der Waals surface area (Å²) in [5.74, 6) is 0.769. The van der Waals surface area contributed by atoms with E-state index in [4.69, 9.17) is 32.7 Å². The molecule has 1 atom stereocenters. The van der Waals surface area contributed by atoms with Gasteiger partial charge in [-0.2, -0.15) is 0 Å². The maximum Gasteiger partial charge on any atom is 0.133 e. The Balaban J connectivity index is 2.15. The monoisotopic (exact) mass is 388 g/mol. The molecule has 0 radical (unpaired) electrons. The van der Waals surface area contributed by atoms with E-state index >= 15 is 0 Å². The Hall–Kier alpha value is -0.740. The molecule has 0 bridgehead atoms. The minimum absolute atomic E-state index is 0.256. The highest BCUT2D eigenvalue weighted by atomic mass is 79.9. The molecule has 0 aliphatic carbocycles. The molecule has 0 saturated carbocycles. The first-order chi connectivity index (χ1) is 10.1. The zero-order valence-electron chi connectivity index (χ0n) is 11.5. The van der Waals surface area contributed by atoms with E-state index in [1.807, 2.05) is 42.5 Å². The maximum absolute atomic E-state index is 6.51. The van der Waals surface area contributed by atoms with Crippen LogP contribution in [0.2, 0.25) is 5.02 Å². The first kappa shape index (κ1) is 16.6. The number of rotatable bonds is 6. The lowest BCUT2D eigenvalue weighted by Crippen LogP contribution is -2.05. The summed E-state index contributed by atoms with van der Waals surface area (Å²) in [6.07, 6.45) is 0. The van der Waals surface area contributed by atoms with E-state index in [0.29, 0.717) is 18.2 Å². The summed E-state index contributed by atoms with van der Waals surface area (Å²) in [5.41, 5.74) is 1.94. The third-order valence-electron chi connectivity index (χ3n) is 2.93. The molecule has 2 rings (SSSR count). The Morgan fingerprint density at radius 1 is 1.10 bits per heavy atom. The van der Waals surface area contributed by atoms with Crippen molar-refractivity contribution < 1.29 is 9.47 Å². The van der Waals surface area contributed by atoms with Crippen LogP contribution in [0.25, 0.3) is 0 Å². The van der Waals surface area contributed by atoms with Gasteiger partial charge in [0.1, 0.15) is 12.4 Å². The van der Waals surface area contributed by atoms with E-state index < -0.39 is 0 Å². The van der Waals surface area contributed by atoms with Crippen molar-refractivity contribution in [1.29, 1.82) is 0 Å². The van der Waals surface area contributed by atoms with Crippen LogP contribution < -0.4 is 4.74 Å². The minimum Gasteiger partial charge on any atom is -0.490 e. The summed E-state index contributed by atoms with van der Waals surface area (Å²) < 4.78 is 11.4. The molecule has 0 aliphatic heterocycles. The molecule has 0 heterocycles. The summed E-state index contributed by atoms with van der Waals surface area (Å²) in [4.78, 5) is 0. The van der Waals surface area contributed by atoms with Crippen LogP contribution in [-0.2, 0) is 4.74 Å². The van der Waals surface area contributed by atoms with Crippen LogP contribution >= 0.6 is 39.1 Å². The maximum atomic E-state index is 6.51. The number of benzene rings is 2. The lowest BCUT2D eigenvalue weighted by Gasteiger charge is -2.13. The van der Waals surface area contributed by atoms with Crippen molar-refractivity contribution in [3.8, 4) is 5.75 Å². The van der Waals surface area contributed by atoms with Gasteiger partial charge in [-0.15, -0.1) is 11.6 Å². The van der Waals surface area contributed by atoms with Gasteiger partial charge < -0.3 is 9.47 Å². The molecule has 2 nitrogen and oxygen atoms in total. The fraction of sp³-hybridized carbons (Fsp3) is 0.250. The molecule has 0 aromatic heterocycles. The number of halogens is 3. The third-order valence-corrected chi connectivity index (χ3v) is 4.29. The number of methoxy groups -OCH3 is 1. The van der Waals surface area contributed by atoms with Crippen molar-refractivity contribution in [2.24, 2.45) is 0 Å². The van der Waals surface area contributed by atoms with Crippen LogP contribution in [0.1, 0.15) is 16.5 Å². The fourth-order valence-electron chi connectivity index (χ4n) is 1.88. The SMILES string of the molecule is COCCOc1ccc(C(Cl)c2cccc(Cl)c2)cc1Br. The summed E-state index contributed by atoms with van der Waals surface area (Å²) in [6.45, 7) is 1.06. The summed E-state index contributed by atoms with van der Waals surface area (Å²) >= 11 is 16.0. The van der Waals surface area contributed by atoms with Gasteiger partial charge in [-0.25, -0.2) is 0 Å². The lowest BCUT2D eigenvalue weighted by atomic mass is 10.0. The molecule has 1 unspecified atom stereocenters.